The molecule has 0 unspecified atom stereocenters. The van der Waals surface area contributed by atoms with Crippen LogP contribution in [-0.2, 0) is 16.0 Å². The molecule has 8 nitrogen and oxygen atoms in total. The first kappa shape index (κ1) is 17.2. The van der Waals surface area contributed by atoms with E-state index in [9.17, 15) is 9.59 Å². The predicted molar refractivity (Wildman–Crippen MR) is 100 cm³/mol. The number of aliphatic imine (C=N–C) groups is 1. The van der Waals surface area contributed by atoms with Gasteiger partial charge in [0.1, 0.15) is 11.5 Å². The van der Waals surface area contributed by atoms with E-state index in [1.54, 1.807) is 17.0 Å². The maximum Gasteiger partial charge on any atom is 0.336 e. The highest BCUT2D eigenvalue weighted by molar-refractivity contribution is 6.47. The number of nitrogens with zero attached hydrogens (tertiary/aromatic N) is 3. The summed E-state index contributed by atoms with van der Waals surface area (Å²) < 4.78 is 5.23. The van der Waals surface area contributed by atoms with Crippen molar-refractivity contribution in [1.82, 2.24) is 15.3 Å². The standard InChI is InChI=1S/C19H19N5O3/c25-15-12-14-6-7-16(22-23-19(26)24-8-10-27-11-9-24)20-18(14)21-17(15)13-4-2-1-3-5-13/h1-7H,8-12H2,(H,20,22)(H,23,26). The monoisotopic (exact) mass is 365 g/mol. The average Bonchev–Trinajstić information content (AvgIpc) is 2.73. The Balaban J connectivity index is 1.49. The molecule has 0 atom stereocenters. The van der Waals surface area contributed by atoms with Crippen molar-refractivity contribution in [3.8, 4) is 0 Å². The van der Waals surface area contributed by atoms with Gasteiger partial charge in [0.05, 0.1) is 13.2 Å². The van der Waals surface area contributed by atoms with Crippen LogP contribution in [0.2, 0.25) is 0 Å². The molecule has 1 saturated heterocycles. The number of hydrazine groups is 1. The minimum atomic E-state index is -0.235. The number of ether oxygens (including phenoxy) is 1. The van der Waals surface area contributed by atoms with E-state index in [0.717, 1.165) is 11.1 Å². The van der Waals surface area contributed by atoms with Gasteiger partial charge >= 0.3 is 6.03 Å². The van der Waals surface area contributed by atoms with E-state index in [2.05, 4.69) is 20.8 Å². The van der Waals surface area contributed by atoms with Crippen LogP contribution in [0.5, 0.6) is 0 Å². The van der Waals surface area contributed by atoms with Crippen LogP contribution < -0.4 is 10.9 Å². The summed E-state index contributed by atoms with van der Waals surface area (Å²) in [4.78, 5) is 35.1. The van der Waals surface area contributed by atoms with Gasteiger partial charge in [0.25, 0.3) is 0 Å². The Morgan fingerprint density at radius 3 is 2.63 bits per heavy atom. The van der Waals surface area contributed by atoms with Crippen molar-refractivity contribution in [3.63, 3.8) is 0 Å². The lowest BCUT2D eigenvalue weighted by atomic mass is 9.98. The zero-order valence-corrected chi connectivity index (χ0v) is 14.6. The number of rotatable bonds is 3. The summed E-state index contributed by atoms with van der Waals surface area (Å²) in [5, 5.41) is 0. The smallest absolute Gasteiger partial charge is 0.336 e. The van der Waals surface area contributed by atoms with Crippen molar-refractivity contribution in [2.45, 2.75) is 6.42 Å². The van der Waals surface area contributed by atoms with Crippen molar-refractivity contribution in [1.29, 1.82) is 0 Å². The molecule has 2 amide bonds. The van der Waals surface area contributed by atoms with Crippen LogP contribution in [0.25, 0.3) is 0 Å². The zero-order chi connectivity index (χ0) is 18.6. The molecule has 0 bridgehead atoms. The number of aromatic nitrogens is 1. The highest BCUT2D eigenvalue weighted by Gasteiger charge is 2.23. The molecule has 1 fully saturated rings. The number of carbonyl (C=O) groups excluding carboxylic acids is 2. The van der Waals surface area contributed by atoms with Crippen LogP contribution >= 0.6 is 0 Å². The number of nitrogens with one attached hydrogen (secondary N) is 2. The summed E-state index contributed by atoms with van der Waals surface area (Å²) in [5.74, 6) is 0.914. The van der Waals surface area contributed by atoms with Gasteiger partial charge in [-0.05, 0) is 6.07 Å². The van der Waals surface area contributed by atoms with Gasteiger partial charge in [0, 0.05) is 30.6 Å². The van der Waals surface area contributed by atoms with E-state index >= 15 is 0 Å². The fourth-order valence-corrected chi connectivity index (χ4v) is 2.99. The van der Waals surface area contributed by atoms with Gasteiger partial charge in [0.15, 0.2) is 11.6 Å². The Kier molecular flexibility index (Phi) is 4.80. The first-order valence-electron chi connectivity index (χ1n) is 8.76. The minimum Gasteiger partial charge on any atom is -0.378 e. The van der Waals surface area contributed by atoms with E-state index in [-0.39, 0.29) is 18.2 Å². The number of fused-ring (bicyclic) bond motifs is 1. The number of amides is 2. The van der Waals surface area contributed by atoms with E-state index in [4.69, 9.17) is 4.74 Å². The number of carbonyl (C=O) groups is 2. The molecule has 1 aromatic heterocycles. The molecule has 2 aliphatic rings. The summed E-state index contributed by atoms with van der Waals surface area (Å²) in [6, 6.07) is 12.6. The Hall–Kier alpha value is -3.26. The second-order valence-electron chi connectivity index (χ2n) is 6.26. The fraction of sp³-hybridized carbons (Fsp3) is 0.263. The Morgan fingerprint density at radius 2 is 1.85 bits per heavy atom. The van der Waals surface area contributed by atoms with Gasteiger partial charge in [-0.25, -0.2) is 14.8 Å². The summed E-state index contributed by atoms with van der Waals surface area (Å²) >= 11 is 0. The van der Waals surface area contributed by atoms with Crippen molar-refractivity contribution >= 4 is 29.2 Å². The third-order valence-electron chi connectivity index (χ3n) is 4.43. The van der Waals surface area contributed by atoms with Crippen LogP contribution in [0.15, 0.2) is 47.5 Å². The number of pyridine rings is 1. The van der Waals surface area contributed by atoms with Crippen molar-refractivity contribution in [3.05, 3.63) is 53.6 Å². The van der Waals surface area contributed by atoms with Crippen LogP contribution in [0.4, 0.5) is 16.4 Å². The minimum absolute atomic E-state index is 0.0307. The number of hydrogen-bond donors (Lipinski definition) is 2. The predicted octanol–water partition coefficient (Wildman–Crippen LogP) is 1.70. The zero-order valence-electron chi connectivity index (χ0n) is 14.6. The van der Waals surface area contributed by atoms with Gasteiger partial charge in [-0.1, -0.05) is 36.4 Å². The molecule has 27 heavy (non-hydrogen) atoms. The van der Waals surface area contributed by atoms with E-state index in [1.807, 2.05) is 30.3 Å². The normalized spacial score (nSPS) is 16.4. The highest BCUT2D eigenvalue weighted by atomic mass is 16.5. The Morgan fingerprint density at radius 1 is 1.07 bits per heavy atom. The lowest BCUT2D eigenvalue weighted by Gasteiger charge is -2.27. The number of anilines is 1. The number of Topliss-reactive ketones (excluding diaryl/α,β-unsaturated/α-hetero) is 1. The first-order valence-corrected chi connectivity index (χ1v) is 8.76. The van der Waals surface area contributed by atoms with Crippen LogP contribution in [-0.4, -0.2) is 53.7 Å². The molecule has 2 aliphatic heterocycles. The molecule has 2 N–H and O–H groups in total. The molecule has 0 radical (unpaired) electrons. The third-order valence-corrected chi connectivity index (χ3v) is 4.43. The molecule has 0 saturated carbocycles. The topological polar surface area (TPSA) is 95.9 Å². The van der Waals surface area contributed by atoms with Gasteiger partial charge in [0.2, 0.25) is 0 Å². The van der Waals surface area contributed by atoms with Crippen molar-refractivity contribution < 1.29 is 14.3 Å². The number of ketones is 1. The number of benzene rings is 1. The van der Waals surface area contributed by atoms with Gasteiger partial charge in [-0.2, -0.15) is 0 Å². The van der Waals surface area contributed by atoms with Gasteiger partial charge in [-0.3, -0.25) is 15.6 Å². The lowest BCUT2D eigenvalue weighted by Crippen LogP contribution is -2.47. The fourth-order valence-electron chi connectivity index (χ4n) is 2.99. The van der Waals surface area contributed by atoms with Crippen molar-refractivity contribution in [2.75, 3.05) is 31.7 Å². The Labute approximate surface area is 156 Å². The molecule has 8 heteroatoms. The second-order valence-corrected chi connectivity index (χ2v) is 6.26. The molecular weight excluding hydrogens is 346 g/mol. The first-order chi connectivity index (χ1) is 13.2. The number of morpholine rings is 1. The Bertz CT molecular complexity index is 891. The summed E-state index contributed by atoms with van der Waals surface area (Å²) in [6.07, 6.45) is 0.260. The van der Waals surface area contributed by atoms with E-state index in [0.29, 0.717) is 43.7 Å². The maximum absolute atomic E-state index is 12.4. The molecule has 0 spiro atoms. The summed E-state index contributed by atoms with van der Waals surface area (Å²) in [7, 11) is 0. The maximum atomic E-state index is 12.4. The van der Waals surface area contributed by atoms with Crippen LogP contribution in [0.1, 0.15) is 11.1 Å². The second kappa shape index (κ2) is 7.55. The van der Waals surface area contributed by atoms with Gasteiger partial charge in [-0.15, -0.1) is 0 Å². The molecule has 2 aromatic rings. The average molecular weight is 365 g/mol. The SMILES string of the molecule is O=C1Cc2ccc(NNC(=O)N3CCOCC3)nc2N=C1c1ccccc1. The molecule has 138 valence electrons. The quantitative estimate of drug-likeness (QED) is 0.807. The van der Waals surface area contributed by atoms with E-state index < -0.39 is 0 Å². The van der Waals surface area contributed by atoms with E-state index in [1.165, 1.54) is 0 Å². The lowest BCUT2D eigenvalue weighted by molar-refractivity contribution is -0.112. The van der Waals surface area contributed by atoms with Gasteiger partial charge < -0.3 is 9.64 Å². The largest absolute Gasteiger partial charge is 0.378 e. The summed E-state index contributed by atoms with van der Waals surface area (Å²) in [5.41, 5.74) is 7.39. The number of hydrogen-bond acceptors (Lipinski definition) is 6. The van der Waals surface area contributed by atoms with Crippen LogP contribution in [0.3, 0.4) is 0 Å². The third kappa shape index (κ3) is 3.80. The summed E-state index contributed by atoms with van der Waals surface area (Å²) in [6.45, 7) is 2.18. The molecular formula is C19H19N5O3. The number of urea groups is 1. The van der Waals surface area contributed by atoms with Crippen LogP contribution in [0, 0.1) is 0 Å². The molecule has 0 aliphatic carbocycles. The molecule has 3 heterocycles. The molecule has 4 rings (SSSR count). The molecule has 1 aromatic carbocycles. The van der Waals surface area contributed by atoms with Crippen molar-refractivity contribution in [2.24, 2.45) is 4.99 Å². The highest BCUT2D eigenvalue weighted by Crippen LogP contribution is 2.25.